The van der Waals surface area contributed by atoms with Crippen LogP contribution in [-0.2, 0) is 6.54 Å². The van der Waals surface area contributed by atoms with Crippen molar-refractivity contribution in [2.75, 3.05) is 5.32 Å². The number of nitrogens with zero attached hydrogens (tertiary/aromatic N) is 2. The van der Waals surface area contributed by atoms with Gasteiger partial charge in [-0.2, -0.15) is 5.10 Å². The number of nitrogens with one attached hydrogen (secondary N) is 1. The van der Waals surface area contributed by atoms with E-state index in [1.165, 1.54) is 11.1 Å². The van der Waals surface area contributed by atoms with E-state index in [9.17, 15) is 4.79 Å². The average Bonchev–Trinajstić information content (AvgIpc) is 2.97. The van der Waals surface area contributed by atoms with Crippen molar-refractivity contribution in [3.05, 3.63) is 82.0 Å². The molecule has 0 fully saturated rings. The molecule has 1 N–H and O–H groups in total. The third kappa shape index (κ3) is 3.87. The molecule has 0 atom stereocenters. The summed E-state index contributed by atoms with van der Waals surface area (Å²) in [5.74, 6) is 0.357. The lowest BCUT2D eigenvalue weighted by atomic mass is 10.1. The molecule has 4 nitrogen and oxygen atoms in total. The van der Waals surface area contributed by atoms with Gasteiger partial charge in [-0.3, -0.25) is 9.48 Å². The maximum Gasteiger partial charge on any atom is 0.258 e. The van der Waals surface area contributed by atoms with Crippen LogP contribution in [-0.4, -0.2) is 15.7 Å². The Bertz CT molecular complexity index is 824. The van der Waals surface area contributed by atoms with E-state index >= 15 is 0 Å². The largest absolute Gasteiger partial charge is 0.305 e. The van der Waals surface area contributed by atoms with Crippen molar-refractivity contribution in [3.63, 3.8) is 0 Å². The molecule has 1 amide bonds. The van der Waals surface area contributed by atoms with Crippen molar-refractivity contribution < 1.29 is 4.79 Å². The normalized spacial score (nSPS) is 10.5. The van der Waals surface area contributed by atoms with Crippen LogP contribution in [0.5, 0.6) is 0 Å². The number of benzene rings is 2. The first-order valence-corrected chi connectivity index (χ1v) is 8.06. The summed E-state index contributed by atoms with van der Waals surface area (Å²) in [4.78, 5) is 12.2. The molecule has 0 aliphatic heterocycles. The van der Waals surface area contributed by atoms with Crippen LogP contribution in [0.3, 0.4) is 0 Å². The van der Waals surface area contributed by atoms with E-state index in [-0.39, 0.29) is 5.91 Å². The van der Waals surface area contributed by atoms with Gasteiger partial charge in [0.05, 0.1) is 12.1 Å². The summed E-state index contributed by atoms with van der Waals surface area (Å²) in [5.41, 5.74) is 2.98. The number of rotatable bonds is 4. The van der Waals surface area contributed by atoms with Gasteiger partial charge in [-0.15, -0.1) is 0 Å². The quantitative estimate of drug-likeness (QED) is 0.746. The SMILES string of the molecule is Cc1ccc(Cn2ccc(NC(=O)c3ccccc3Br)n2)cc1. The van der Waals surface area contributed by atoms with Gasteiger partial charge >= 0.3 is 0 Å². The fourth-order valence-electron chi connectivity index (χ4n) is 2.23. The highest BCUT2D eigenvalue weighted by Crippen LogP contribution is 2.17. The molecule has 0 saturated carbocycles. The maximum absolute atomic E-state index is 12.2. The Morgan fingerprint density at radius 2 is 1.87 bits per heavy atom. The number of amides is 1. The minimum Gasteiger partial charge on any atom is -0.305 e. The Balaban J connectivity index is 1.69. The standard InChI is InChI=1S/C18H16BrN3O/c1-13-6-8-14(9-7-13)12-22-11-10-17(21-22)20-18(23)15-4-2-3-5-16(15)19/h2-11H,12H2,1H3,(H,20,21,23). The molecule has 2 aromatic carbocycles. The highest BCUT2D eigenvalue weighted by Gasteiger charge is 2.10. The molecule has 116 valence electrons. The van der Waals surface area contributed by atoms with Gasteiger partial charge in [-0.1, -0.05) is 42.0 Å². The Morgan fingerprint density at radius 3 is 2.61 bits per heavy atom. The summed E-state index contributed by atoms with van der Waals surface area (Å²) in [7, 11) is 0. The second-order valence-electron chi connectivity index (χ2n) is 5.32. The first-order valence-electron chi connectivity index (χ1n) is 7.27. The zero-order chi connectivity index (χ0) is 16.2. The zero-order valence-corrected chi connectivity index (χ0v) is 14.2. The van der Waals surface area contributed by atoms with Crippen molar-refractivity contribution in [2.24, 2.45) is 0 Å². The second-order valence-corrected chi connectivity index (χ2v) is 6.17. The van der Waals surface area contributed by atoms with Gasteiger partial charge in [0.1, 0.15) is 0 Å². The lowest BCUT2D eigenvalue weighted by molar-refractivity contribution is 0.102. The number of hydrogen-bond acceptors (Lipinski definition) is 2. The maximum atomic E-state index is 12.2. The molecule has 1 aromatic heterocycles. The molecular formula is C18H16BrN3O. The number of carbonyl (C=O) groups is 1. The molecule has 3 rings (SSSR count). The van der Waals surface area contributed by atoms with Gasteiger partial charge in [0.15, 0.2) is 5.82 Å². The van der Waals surface area contributed by atoms with Crippen LogP contribution >= 0.6 is 15.9 Å². The molecular weight excluding hydrogens is 354 g/mol. The summed E-state index contributed by atoms with van der Waals surface area (Å²) in [5, 5.41) is 7.21. The monoisotopic (exact) mass is 369 g/mol. The predicted molar refractivity (Wildman–Crippen MR) is 94.6 cm³/mol. The van der Waals surface area contributed by atoms with Gasteiger partial charge in [-0.05, 0) is 40.5 Å². The Kier molecular flexibility index (Phi) is 4.57. The highest BCUT2D eigenvalue weighted by molar-refractivity contribution is 9.10. The third-order valence-corrected chi connectivity index (χ3v) is 4.16. The zero-order valence-electron chi connectivity index (χ0n) is 12.7. The molecule has 23 heavy (non-hydrogen) atoms. The Morgan fingerprint density at radius 1 is 1.13 bits per heavy atom. The van der Waals surface area contributed by atoms with E-state index in [4.69, 9.17) is 0 Å². The fraction of sp³-hybridized carbons (Fsp3) is 0.111. The fourth-order valence-corrected chi connectivity index (χ4v) is 2.69. The van der Waals surface area contributed by atoms with E-state index in [1.807, 2.05) is 24.4 Å². The lowest BCUT2D eigenvalue weighted by Crippen LogP contribution is -2.13. The average molecular weight is 370 g/mol. The molecule has 0 saturated heterocycles. The number of aryl methyl sites for hydroxylation is 1. The van der Waals surface area contributed by atoms with Crippen molar-refractivity contribution in [3.8, 4) is 0 Å². The summed E-state index contributed by atoms with van der Waals surface area (Å²) >= 11 is 3.38. The molecule has 0 aliphatic rings. The topological polar surface area (TPSA) is 46.9 Å². The first-order chi connectivity index (χ1) is 11.1. The summed E-state index contributed by atoms with van der Waals surface area (Å²) in [6.07, 6.45) is 1.86. The predicted octanol–water partition coefficient (Wildman–Crippen LogP) is 4.25. The minimum absolute atomic E-state index is 0.182. The molecule has 3 aromatic rings. The summed E-state index contributed by atoms with van der Waals surface area (Å²) in [6, 6.07) is 17.4. The Labute approximate surface area is 143 Å². The van der Waals surface area contributed by atoms with Crippen LogP contribution in [0.15, 0.2) is 65.3 Å². The van der Waals surface area contributed by atoms with Gasteiger partial charge < -0.3 is 5.32 Å². The van der Waals surface area contributed by atoms with E-state index in [2.05, 4.69) is 57.5 Å². The number of anilines is 1. The van der Waals surface area contributed by atoms with Crippen molar-refractivity contribution in [1.82, 2.24) is 9.78 Å². The highest BCUT2D eigenvalue weighted by atomic mass is 79.9. The van der Waals surface area contributed by atoms with Crippen molar-refractivity contribution in [2.45, 2.75) is 13.5 Å². The Hall–Kier alpha value is -2.40. The number of carbonyl (C=O) groups excluding carboxylic acids is 1. The van der Waals surface area contributed by atoms with Gasteiger partial charge in [0.2, 0.25) is 0 Å². The van der Waals surface area contributed by atoms with Crippen LogP contribution in [0.2, 0.25) is 0 Å². The molecule has 1 heterocycles. The summed E-state index contributed by atoms with van der Waals surface area (Å²) in [6.45, 7) is 2.73. The molecule has 0 aliphatic carbocycles. The van der Waals surface area contributed by atoms with E-state index in [0.29, 0.717) is 17.9 Å². The van der Waals surface area contributed by atoms with Crippen molar-refractivity contribution >= 4 is 27.7 Å². The molecule has 0 spiro atoms. The van der Waals surface area contributed by atoms with Gasteiger partial charge in [0.25, 0.3) is 5.91 Å². The number of aromatic nitrogens is 2. The number of hydrogen-bond donors (Lipinski definition) is 1. The summed E-state index contributed by atoms with van der Waals surface area (Å²) < 4.78 is 2.57. The second kappa shape index (κ2) is 6.79. The van der Waals surface area contributed by atoms with Gasteiger partial charge in [-0.25, -0.2) is 0 Å². The van der Waals surface area contributed by atoms with Crippen LogP contribution < -0.4 is 5.32 Å². The molecule has 0 radical (unpaired) electrons. The van der Waals surface area contributed by atoms with Crippen LogP contribution in [0.1, 0.15) is 21.5 Å². The van der Waals surface area contributed by atoms with E-state index in [0.717, 1.165) is 4.47 Å². The molecule has 5 heteroatoms. The molecule has 0 unspecified atom stereocenters. The number of halogens is 1. The van der Waals surface area contributed by atoms with E-state index < -0.39 is 0 Å². The smallest absolute Gasteiger partial charge is 0.258 e. The van der Waals surface area contributed by atoms with Crippen LogP contribution in [0.4, 0.5) is 5.82 Å². The minimum atomic E-state index is -0.182. The lowest BCUT2D eigenvalue weighted by Gasteiger charge is -2.05. The van der Waals surface area contributed by atoms with Crippen LogP contribution in [0.25, 0.3) is 0 Å². The van der Waals surface area contributed by atoms with Crippen molar-refractivity contribution in [1.29, 1.82) is 0 Å². The first kappa shape index (κ1) is 15.5. The van der Waals surface area contributed by atoms with Crippen LogP contribution in [0, 0.1) is 6.92 Å². The van der Waals surface area contributed by atoms with E-state index in [1.54, 1.807) is 16.8 Å². The van der Waals surface area contributed by atoms with Gasteiger partial charge in [0, 0.05) is 16.7 Å². The molecule has 0 bridgehead atoms. The third-order valence-electron chi connectivity index (χ3n) is 3.47.